The Labute approximate surface area is 128 Å². The van der Waals surface area contributed by atoms with Gasteiger partial charge in [0.2, 0.25) is 5.89 Å². The van der Waals surface area contributed by atoms with E-state index in [1.165, 1.54) is 18.2 Å². The third kappa shape index (κ3) is 3.50. The first kappa shape index (κ1) is 15.1. The van der Waals surface area contributed by atoms with E-state index in [9.17, 15) is 8.78 Å². The smallest absolute Gasteiger partial charge is 0.223 e. The fraction of sp³-hybridized carbons (Fsp3) is 0.500. The molecule has 0 spiro atoms. The molecule has 1 saturated heterocycles. The van der Waals surface area contributed by atoms with Gasteiger partial charge in [-0.1, -0.05) is 11.2 Å². The third-order valence-electron chi connectivity index (χ3n) is 4.09. The van der Waals surface area contributed by atoms with Crippen molar-refractivity contribution in [1.29, 1.82) is 0 Å². The molecule has 1 aromatic carbocycles. The highest BCUT2D eigenvalue weighted by Gasteiger charge is 2.23. The van der Waals surface area contributed by atoms with Crippen LogP contribution in [0.15, 0.2) is 22.7 Å². The molecule has 2 heterocycles. The molecule has 0 unspecified atom stereocenters. The van der Waals surface area contributed by atoms with Crippen LogP contribution in [0.25, 0.3) is 0 Å². The van der Waals surface area contributed by atoms with Gasteiger partial charge in [0.25, 0.3) is 0 Å². The highest BCUT2D eigenvalue weighted by Crippen LogP contribution is 2.23. The monoisotopic (exact) mass is 307 g/mol. The Hall–Kier alpha value is -1.82. The lowest BCUT2D eigenvalue weighted by Crippen LogP contribution is -2.36. The largest absolute Gasteiger partial charge is 0.340 e. The fourth-order valence-corrected chi connectivity index (χ4v) is 3.05. The van der Waals surface area contributed by atoms with Crippen LogP contribution in [0.2, 0.25) is 0 Å². The summed E-state index contributed by atoms with van der Waals surface area (Å²) in [5, 5.41) is 3.92. The molecule has 1 fully saturated rings. The number of aryl methyl sites for hydroxylation is 1. The Morgan fingerprint density at radius 2 is 2.09 bits per heavy atom. The Bertz CT molecular complexity index is 624. The van der Waals surface area contributed by atoms with E-state index in [1.807, 2.05) is 0 Å². The van der Waals surface area contributed by atoms with Gasteiger partial charge >= 0.3 is 0 Å². The van der Waals surface area contributed by atoms with Gasteiger partial charge in [-0.3, -0.25) is 4.90 Å². The third-order valence-corrected chi connectivity index (χ3v) is 4.09. The molecule has 6 heteroatoms. The average molecular weight is 307 g/mol. The first-order valence-corrected chi connectivity index (χ1v) is 7.56. The topological polar surface area (TPSA) is 42.2 Å². The Kier molecular flexibility index (Phi) is 4.47. The molecule has 0 aliphatic carbocycles. The second-order valence-corrected chi connectivity index (χ2v) is 5.88. The van der Waals surface area contributed by atoms with Gasteiger partial charge < -0.3 is 4.52 Å². The second-order valence-electron chi connectivity index (χ2n) is 5.88. The number of hydrogen-bond donors (Lipinski definition) is 0. The van der Waals surface area contributed by atoms with Crippen molar-refractivity contribution in [2.45, 2.75) is 32.7 Å². The number of rotatable bonds is 4. The summed E-state index contributed by atoms with van der Waals surface area (Å²) in [6, 6.07) is 4.01. The molecule has 0 amide bonds. The molecule has 1 aliphatic heterocycles. The molecule has 1 atom stereocenters. The van der Waals surface area contributed by atoms with Crippen molar-refractivity contribution in [2.24, 2.45) is 5.92 Å². The van der Waals surface area contributed by atoms with Gasteiger partial charge in [-0.15, -0.1) is 0 Å². The molecule has 1 aromatic heterocycles. The van der Waals surface area contributed by atoms with Crippen molar-refractivity contribution in [3.05, 3.63) is 47.1 Å². The summed E-state index contributed by atoms with van der Waals surface area (Å²) in [6.45, 7) is 3.72. The molecule has 3 rings (SSSR count). The number of likely N-dealkylation sites (tertiary alicyclic amines) is 1. The molecule has 2 aromatic rings. The molecule has 0 radical (unpaired) electrons. The Morgan fingerprint density at radius 1 is 1.32 bits per heavy atom. The molecular formula is C16H19F2N3O. The van der Waals surface area contributed by atoms with E-state index in [0.717, 1.165) is 32.4 Å². The fourth-order valence-electron chi connectivity index (χ4n) is 3.05. The Morgan fingerprint density at radius 3 is 2.77 bits per heavy atom. The molecule has 22 heavy (non-hydrogen) atoms. The van der Waals surface area contributed by atoms with Gasteiger partial charge in [0, 0.05) is 32.0 Å². The van der Waals surface area contributed by atoms with Crippen LogP contribution in [0, 0.1) is 24.5 Å². The van der Waals surface area contributed by atoms with Gasteiger partial charge in [0.1, 0.15) is 11.6 Å². The van der Waals surface area contributed by atoms with Crippen molar-refractivity contribution < 1.29 is 13.3 Å². The zero-order chi connectivity index (χ0) is 15.5. The summed E-state index contributed by atoms with van der Waals surface area (Å²) in [6.07, 6.45) is 2.83. The predicted molar refractivity (Wildman–Crippen MR) is 77.1 cm³/mol. The minimum atomic E-state index is -0.476. The van der Waals surface area contributed by atoms with Gasteiger partial charge in [-0.05, 0) is 37.4 Å². The molecule has 118 valence electrons. The van der Waals surface area contributed by atoms with Crippen LogP contribution in [0.5, 0.6) is 0 Å². The lowest BCUT2D eigenvalue weighted by molar-refractivity contribution is 0.161. The minimum absolute atomic E-state index is 0.151. The summed E-state index contributed by atoms with van der Waals surface area (Å²) < 4.78 is 32.5. The first-order chi connectivity index (χ1) is 10.6. The normalized spacial score (nSPS) is 19.5. The van der Waals surface area contributed by atoms with Crippen molar-refractivity contribution in [3.63, 3.8) is 0 Å². The van der Waals surface area contributed by atoms with Gasteiger partial charge in [0.15, 0.2) is 5.82 Å². The van der Waals surface area contributed by atoms with E-state index in [4.69, 9.17) is 4.52 Å². The number of piperidine rings is 1. The summed E-state index contributed by atoms with van der Waals surface area (Å²) in [5.41, 5.74) is 0.151. The van der Waals surface area contributed by atoms with E-state index < -0.39 is 11.6 Å². The predicted octanol–water partition coefficient (Wildman–Crippen LogP) is 3.11. The number of hydrogen-bond acceptors (Lipinski definition) is 4. The van der Waals surface area contributed by atoms with Crippen LogP contribution in [0.3, 0.4) is 0 Å². The zero-order valence-electron chi connectivity index (χ0n) is 12.6. The summed E-state index contributed by atoms with van der Waals surface area (Å²) in [7, 11) is 0. The van der Waals surface area contributed by atoms with Crippen molar-refractivity contribution in [3.8, 4) is 0 Å². The maximum absolute atomic E-state index is 13.8. The molecule has 1 aliphatic rings. The van der Waals surface area contributed by atoms with Gasteiger partial charge in [-0.25, -0.2) is 8.78 Å². The first-order valence-electron chi connectivity index (χ1n) is 7.56. The number of halogens is 2. The van der Waals surface area contributed by atoms with E-state index in [1.54, 1.807) is 6.92 Å². The number of nitrogens with zero attached hydrogens (tertiary/aromatic N) is 3. The van der Waals surface area contributed by atoms with Crippen LogP contribution in [0.1, 0.15) is 30.1 Å². The molecule has 0 saturated carbocycles. The van der Waals surface area contributed by atoms with Gasteiger partial charge in [0.05, 0.1) is 0 Å². The maximum Gasteiger partial charge on any atom is 0.223 e. The van der Waals surface area contributed by atoms with Crippen LogP contribution >= 0.6 is 0 Å². The van der Waals surface area contributed by atoms with Crippen LogP contribution in [-0.2, 0) is 13.0 Å². The summed E-state index contributed by atoms with van der Waals surface area (Å²) >= 11 is 0. The average Bonchev–Trinajstić information content (AvgIpc) is 2.89. The van der Waals surface area contributed by atoms with Gasteiger partial charge in [-0.2, -0.15) is 4.98 Å². The zero-order valence-corrected chi connectivity index (χ0v) is 12.6. The number of aromatic nitrogens is 2. The van der Waals surface area contributed by atoms with Crippen molar-refractivity contribution in [1.82, 2.24) is 15.0 Å². The molecule has 0 bridgehead atoms. The highest BCUT2D eigenvalue weighted by atomic mass is 19.1. The lowest BCUT2D eigenvalue weighted by Gasteiger charge is -2.32. The second kappa shape index (κ2) is 6.52. The van der Waals surface area contributed by atoms with Crippen molar-refractivity contribution >= 4 is 0 Å². The Balaban J connectivity index is 1.63. The van der Waals surface area contributed by atoms with Crippen molar-refractivity contribution in [2.75, 3.05) is 13.1 Å². The van der Waals surface area contributed by atoms with Crippen LogP contribution < -0.4 is 0 Å². The minimum Gasteiger partial charge on any atom is -0.340 e. The SMILES string of the molecule is Cc1nc(C[C@H]2CCCN(Cc3c(F)cccc3F)C2)no1. The van der Waals surface area contributed by atoms with E-state index in [2.05, 4.69) is 15.0 Å². The van der Waals surface area contributed by atoms with Crippen LogP contribution in [0.4, 0.5) is 8.78 Å². The van der Waals surface area contributed by atoms with E-state index in [0.29, 0.717) is 24.2 Å². The van der Waals surface area contributed by atoms with E-state index in [-0.39, 0.29) is 5.56 Å². The van der Waals surface area contributed by atoms with E-state index >= 15 is 0 Å². The summed E-state index contributed by atoms with van der Waals surface area (Å²) in [4.78, 5) is 6.33. The lowest BCUT2D eigenvalue weighted by atomic mass is 9.94. The molecular weight excluding hydrogens is 288 g/mol. The highest BCUT2D eigenvalue weighted by molar-refractivity contribution is 5.19. The van der Waals surface area contributed by atoms with Crippen LogP contribution in [-0.4, -0.2) is 28.1 Å². The quantitative estimate of drug-likeness (QED) is 0.870. The standard InChI is InChI=1S/C16H19F2N3O/c1-11-19-16(20-22-11)8-12-4-3-7-21(9-12)10-13-14(17)5-2-6-15(13)18/h2,5-6,12H,3-4,7-10H2,1H3/t12-/m1/s1. The summed E-state index contributed by atoms with van der Waals surface area (Å²) in [5.74, 6) is 0.713. The number of benzene rings is 1. The molecule has 0 N–H and O–H groups in total. The maximum atomic E-state index is 13.8. The molecule has 4 nitrogen and oxygen atoms in total.